The number of ether oxygens (including phenoxy) is 1. The first-order chi connectivity index (χ1) is 12.3. The Labute approximate surface area is 145 Å². The van der Waals surface area contributed by atoms with Crippen molar-refractivity contribution in [1.29, 1.82) is 0 Å². The third kappa shape index (κ3) is 2.65. The molecule has 0 spiro atoms. The predicted molar refractivity (Wildman–Crippen MR) is 94.9 cm³/mol. The van der Waals surface area contributed by atoms with Gasteiger partial charge in [0, 0.05) is 18.8 Å². The second kappa shape index (κ2) is 6.39. The normalized spacial score (nSPS) is 15.3. The molecule has 6 heteroatoms. The van der Waals surface area contributed by atoms with E-state index in [-0.39, 0.29) is 0 Å². The number of anilines is 1. The minimum atomic E-state index is 0.754. The molecule has 0 amide bonds. The van der Waals surface area contributed by atoms with Crippen LogP contribution in [0.2, 0.25) is 0 Å². The second-order valence-electron chi connectivity index (χ2n) is 5.55. The molecule has 0 radical (unpaired) electrons. The fourth-order valence-electron chi connectivity index (χ4n) is 2.95. The smallest absolute Gasteiger partial charge is 0.369 e. The molecule has 4 heterocycles. The fraction of sp³-hybridized carbons (Fsp3) is 0.211. The van der Waals surface area contributed by atoms with Crippen molar-refractivity contribution >= 4 is 23.1 Å². The highest BCUT2D eigenvalue weighted by Crippen LogP contribution is 2.36. The number of aryl methyl sites for hydroxylation is 1. The van der Waals surface area contributed by atoms with Crippen molar-refractivity contribution in [3.8, 4) is 5.75 Å². The van der Waals surface area contributed by atoms with Gasteiger partial charge >= 0.3 is 5.65 Å². The van der Waals surface area contributed by atoms with Crippen LogP contribution < -0.4 is 14.2 Å². The number of aromatic nitrogens is 3. The number of hydrogen-bond donors (Lipinski definition) is 0. The number of allylic oxidation sites excluding steroid dienone is 2. The van der Waals surface area contributed by atoms with Crippen LogP contribution in [0, 0.1) is 0 Å². The highest BCUT2D eigenvalue weighted by Gasteiger charge is 2.25. The first-order valence-electron chi connectivity index (χ1n) is 8.38. The Hall–Kier alpha value is -3.15. The summed E-state index contributed by atoms with van der Waals surface area (Å²) < 4.78 is 13.8. The zero-order chi connectivity index (χ0) is 17.2. The molecule has 0 aromatic carbocycles. The Balaban J connectivity index is 1.64. The Morgan fingerprint density at radius 2 is 2.00 bits per heavy atom. The molecule has 0 aliphatic carbocycles. The van der Waals surface area contributed by atoms with Gasteiger partial charge in [-0.25, -0.2) is 4.98 Å². The van der Waals surface area contributed by atoms with Gasteiger partial charge in [0.05, 0.1) is 6.54 Å². The van der Waals surface area contributed by atoms with E-state index in [4.69, 9.17) is 9.15 Å². The highest BCUT2D eigenvalue weighted by atomic mass is 16.5. The van der Waals surface area contributed by atoms with Gasteiger partial charge in [-0.2, -0.15) is 4.57 Å². The maximum absolute atomic E-state index is 5.89. The lowest BCUT2D eigenvalue weighted by Gasteiger charge is -2.13. The number of pyridine rings is 2. The summed E-state index contributed by atoms with van der Waals surface area (Å²) in [6, 6.07) is 7.59. The average molecular weight is 335 g/mol. The number of fused-ring (bicyclic) bond motifs is 2. The Morgan fingerprint density at radius 3 is 2.84 bits per heavy atom. The van der Waals surface area contributed by atoms with E-state index in [9.17, 15) is 0 Å². The van der Waals surface area contributed by atoms with Gasteiger partial charge in [-0.3, -0.25) is 4.90 Å². The summed E-state index contributed by atoms with van der Waals surface area (Å²) in [6.07, 6.45) is 9.32. The van der Waals surface area contributed by atoms with Crippen LogP contribution in [0.4, 0.5) is 5.82 Å². The lowest BCUT2D eigenvalue weighted by Crippen LogP contribution is -2.34. The van der Waals surface area contributed by atoms with Gasteiger partial charge in [0.1, 0.15) is 6.20 Å². The number of hydrogen-bond acceptors (Lipinski definition) is 5. The largest absolute Gasteiger partial charge is 0.437 e. The number of rotatable bonds is 4. The maximum atomic E-state index is 5.89. The average Bonchev–Trinajstić information content (AvgIpc) is 3.18. The number of oxazole rings is 1. The van der Waals surface area contributed by atoms with E-state index in [1.807, 2.05) is 52.0 Å². The van der Waals surface area contributed by atoms with Crippen LogP contribution in [0.5, 0.6) is 5.75 Å². The SMILES string of the molecule is CCN1/C(=C\C=C\c2oc3cccnc3[n+]2CC)Oc2cccnc21. The second-order valence-corrected chi connectivity index (χ2v) is 5.55. The molecule has 126 valence electrons. The molecule has 1 aliphatic rings. The molecule has 4 rings (SSSR count). The third-order valence-electron chi connectivity index (χ3n) is 4.08. The van der Waals surface area contributed by atoms with Gasteiger partial charge in [-0.1, -0.05) is 0 Å². The van der Waals surface area contributed by atoms with Crippen LogP contribution in [0.1, 0.15) is 19.7 Å². The molecule has 0 unspecified atom stereocenters. The van der Waals surface area contributed by atoms with E-state index in [0.717, 1.165) is 47.7 Å². The standard InChI is InChI=1S/C19H19N4O2/c1-3-22-16(24-14-8-6-12-20-18(14)22)10-5-11-17-23(4-2)19-15(25-17)9-7-13-21-19/h5-13H,3-4H2,1-2H3/q+1. The molecule has 0 N–H and O–H groups in total. The van der Waals surface area contributed by atoms with Crippen molar-refractivity contribution < 1.29 is 13.7 Å². The Kier molecular flexibility index (Phi) is 3.93. The van der Waals surface area contributed by atoms with Crippen molar-refractivity contribution in [2.75, 3.05) is 11.4 Å². The molecular weight excluding hydrogens is 316 g/mol. The van der Waals surface area contributed by atoms with Crippen LogP contribution in [0.3, 0.4) is 0 Å². The lowest BCUT2D eigenvalue weighted by molar-refractivity contribution is -0.676. The van der Waals surface area contributed by atoms with E-state index in [2.05, 4.69) is 23.8 Å². The summed E-state index contributed by atoms with van der Waals surface area (Å²) in [5.74, 6) is 3.14. The highest BCUT2D eigenvalue weighted by molar-refractivity contribution is 5.65. The summed E-state index contributed by atoms with van der Waals surface area (Å²) in [5, 5.41) is 0. The van der Waals surface area contributed by atoms with Gasteiger partial charge in [0.2, 0.25) is 11.5 Å². The lowest BCUT2D eigenvalue weighted by atomic mass is 10.4. The molecule has 0 saturated heterocycles. The number of nitrogens with zero attached hydrogens (tertiary/aromatic N) is 4. The summed E-state index contributed by atoms with van der Waals surface area (Å²) in [7, 11) is 0. The van der Waals surface area contributed by atoms with Gasteiger partial charge in [0.15, 0.2) is 11.6 Å². The van der Waals surface area contributed by atoms with E-state index >= 15 is 0 Å². The molecule has 6 nitrogen and oxygen atoms in total. The van der Waals surface area contributed by atoms with Crippen molar-refractivity contribution in [3.05, 3.63) is 60.6 Å². The summed E-state index contributed by atoms with van der Waals surface area (Å²) in [4.78, 5) is 10.8. The quantitative estimate of drug-likeness (QED) is 0.685. The van der Waals surface area contributed by atoms with Gasteiger partial charge in [0.25, 0.3) is 5.89 Å². The van der Waals surface area contributed by atoms with Crippen LogP contribution in [-0.2, 0) is 6.54 Å². The predicted octanol–water partition coefficient (Wildman–Crippen LogP) is 3.30. The van der Waals surface area contributed by atoms with Crippen molar-refractivity contribution in [1.82, 2.24) is 9.97 Å². The summed E-state index contributed by atoms with van der Waals surface area (Å²) >= 11 is 0. The molecule has 1 aliphatic heterocycles. The maximum Gasteiger partial charge on any atom is 0.369 e. The van der Waals surface area contributed by atoms with E-state index in [1.54, 1.807) is 12.4 Å². The molecule has 3 aromatic heterocycles. The summed E-state index contributed by atoms with van der Waals surface area (Å²) in [5.41, 5.74) is 1.63. The zero-order valence-electron chi connectivity index (χ0n) is 14.2. The van der Waals surface area contributed by atoms with E-state index in [1.165, 1.54) is 0 Å². The Bertz CT molecular complexity index is 974. The molecule has 0 fully saturated rings. The van der Waals surface area contributed by atoms with Crippen molar-refractivity contribution in [3.63, 3.8) is 0 Å². The minimum absolute atomic E-state index is 0.754. The van der Waals surface area contributed by atoms with E-state index in [0.29, 0.717) is 0 Å². The van der Waals surface area contributed by atoms with Crippen LogP contribution >= 0.6 is 0 Å². The third-order valence-corrected chi connectivity index (χ3v) is 4.08. The first-order valence-corrected chi connectivity index (χ1v) is 8.38. The molecular formula is C19H19N4O2+. The molecule has 0 atom stereocenters. The summed E-state index contributed by atoms with van der Waals surface area (Å²) in [6.45, 7) is 5.71. The molecule has 3 aromatic rings. The monoisotopic (exact) mass is 335 g/mol. The first kappa shape index (κ1) is 15.4. The fourth-order valence-corrected chi connectivity index (χ4v) is 2.95. The van der Waals surface area contributed by atoms with E-state index < -0.39 is 0 Å². The molecule has 25 heavy (non-hydrogen) atoms. The van der Waals surface area contributed by atoms with Crippen molar-refractivity contribution in [2.45, 2.75) is 20.4 Å². The zero-order valence-corrected chi connectivity index (χ0v) is 14.2. The minimum Gasteiger partial charge on any atom is -0.437 e. The van der Waals surface area contributed by atoms with Crippen molar-refractivity contribution in [2.24, 2.45) is 0 Å². The Morgan fingerprint density at radius 1 is 1.16 bits per heavy atom. The molecule has 0 saturated carbocycles. The van der Waals surface area contributed by atoms with Crippen LogP contribution in [0.25, 0.3) is 17.3 Å². The van der Waals surface area contributed by atoms with Gasteiger partial charge in [-0.15, -0.1) is 0 Å². The van der Waals surface area contributed by atoms with Gasteiger partial charge < -0.3 is 9.15 Å². The molecule has 0 bridgehead atoms. The topological polar surface area (TPSA) is 55.3 Å². The van der Waals surface area contributed by atoms with Crippen LogP contribution in [0.15, 0.2) is 59.1 Å². The van der Waals surface area contributed by atoms with Crippen LogP contribution in [-0.4, -0.2) is 16.5 Å². The van der Waals surface area contributed by atoms with Gasteiger partial charge in [-0.05, 0) is 55.2 Å².